The molecule has 0 bridgehead atoms. The fourth-order valence-electron chi connectivity index (χ4n) is 1.99. The quantitative estimate of drug-likeness (QED) is 0.482. The average Bonchev–Trinajstić information content (AvgIpc) is 3.03. The van der Waals surface area contributed by atoms with Crippen LogP contribution in [0.25, 0.3) is 11.3 Å². The van der Waals surface area contributed by atoms with E-state index in [2.05, 4.69) is 15.4 Å². The number of methoxy groups -OCH3 is 2. The second-order valence-electron chi connectivity index (χ2n) is 4.23. The molecule has 2 aromatic rings. The van der Waals surface area contributed by atoms with Crippen LogP contribution in [-0.4, -0.2) is 47.1 Å². The SMILES string of the molecule is CCOC(=O)c1n[nH]nc1-c1cc(OC)c(OC)c([N+](=O)[O-])c1. The summed E-state index contributed by atoms with van der Waals surface area (Å²) in [7, 11) is 2.64. The van der Waals surface area contributed by atoms with Gasteiger partial charge in [0.15, 0.2) is 11.4 Å². The van der Waals surface area contributed by atoms with Gasteiger partial charge in [0, 0.05) is 11.6 Å². The minimum absolute atomic E-state index is 0.0255. The molecule has 2 rings (SSSR count). The molecule has 10 nitrogen and oxygen atoms in total. The number of carbonyl (C=O) groups is 1. The summed E-state index contributed by atoms with van der Waals surface area (Å²) in [6.45, 7) is 1.82. The normalized spacial score (nSPS) is 10.2. The molecular weight excluding hydrogens is 308 g/mol. The first kappa shape index (κ1) is 16.2. The van der Waals surface area contributed by atoms with Gasteiger partial charge in [-0.05, 0) is 13.0 Å². The number of nitrogens with one attached hydrogen (secondary N) is 1. The summed E-state index contributed by atoms with van der Waals surface area (Å²) in [4.78, 5) is 22.5. The Labute approximate surface area is 130 Å². The highest BCUT2D eigenvalue weighted by atomic mass is 16.6. The number of aromatic amines is 1. The lowest BCUT2D eigenvalue weighted by Crippen LogP contribution is -2.07. The molecule has 0 aliphatic carbocycles. The molecule has 0 unspecified atom stereocenters. The third-order valence-corrected chi connectivity index (χ3v) is 2.95. The van der Waals surface area contributed by atoms with Crippen LogP contribution in [0.15, 0.2) is 12.1 Å². The van der Waals surface area contributed by atoms with Gasteiger partial charge in [0.05, 0.1) is 25.7 Å². The number of aromatic nitrogens is 3. The van der Waals surface area contributed by atoms with E-state index in [0.717, 1.165) is 0 Å². The van der Waals surface area contributed by atoms with Gasteiger partial charge in [0.25, 0.3) is 0 Å². The predicted octanol–water partition coefficient (Wildman–Crippen LogP) is 1.57. The molecular formula is C13H14N4O6. The second-order valence-corrected chi connectivity index (χ2v) is 4.23. The van der Waals surface area contributed by atoms with Crippen molar-refractivity contribution < 1.29 is 23.9 Å². The fraction of sp³-hybridized carbons (Fsp3) is 0.308. The van der Waals surface area contributed by atoms with Gasteiger partial charge in [0.1, 0.15) is 5.69 Å². The lowest BCUT2D eigenvalue weighted by molar-refractivity contribution is -0.385. The number of benzene rings is 1. The minimum Gasteiger partial charge on any atom is -0.493 e. The molecule has 0 atom stereocenters. The van der Waals surface area contributed by atoms with Crippen molar-refractivity contribution in [3.63, 3.8) is 0 Å². The maximum Gasteiger partial charge on any atom is 0.361 e. The third kappa shape index (κ3) is 3.05. The summed E-state index contributed by atoms with van der Waals surface area (Å²) in [5.74, 6) is -0.578. The van der Waals surface area contributed by atoms with E-state index >= 15 is 0 Å². The summed E-state index contributed by atoms with van der Waals surface area (Å²) in [5.41, 5.74) is -0.00770. The van der Waals surface area contributed by atoms with Gasteiger partial charge in [-0.2, -0.15) is 10.3 Å². The van der Waals surface area contributed by atoms with Crippen molar-refractivity contribution in [2.75, 3.05) is 20.8 Å². The van der Waals surface area contributed by atoms with E-state index in [1.807, 2.05) is 0 Å². The van der Waals surface area contributed by atoms with E-state index in [1.165, 1.54) is 26.4 Å². The zero-order valence-electron chi connectivity index (χ0n) is 12.7. The van der Waals surface area contributed by atoms with E-state index in [1.54, 1.807) is 6.92 Å². The highest BCUT2D eigenvalue weighted by Gasteiger charge is 2.26. The summed E-state index contributed by atoms with van der Waals surface area (Å²) in [6.07, 6.45) is 0. The van der Waals surface area contributed by atoms with Gasteiger partial charge in [-0.1, -0.05) is 0 Å². The third-order valence-electron chi connectivity index (χ3n) is 2.95. The first-order valence-corrected chi connectivity index (χ1v) is 6.52. The molecule has 0 radical (unpaired) electrons. The highest BCUT2D eigenvalue weighted by Crippen LogP contribution is 2.40. The maximum absolute atomic E-state index is 11.9. The molecule has 0 spiro atoms. The molecule has 1 aromatic heterocycles. The molecule has 10 heteroatoms. The number of rotatable bonds is 6. The molecule has 0 saturated heterocycles. The molecule has 0 fully saturated rings. The molecule has 1 heterocycles. The van der Waals surface area contributed by atoms with Crippen molar-refractivity contribution in [1.82, 2.24) is 15.4 Å². The summed E-state index contributed by atoms with van der Waals surface area (Å²) in [5, 5.41) is 21.1. The Bertz CT molecular complexity index is 742. The van der Waals surface area contributed by atoms with E-state index in [-0.39, 0.29) is 40.7 Å². The van der Waals surface area contributed by atoms with Crippen LogP contribution in [-0.2, 0) is 4.74 Å². The molecule has 0 aliphatic heterocycles. The lowest BCUT2D eigenvalue weighted by atomic mass is 10.1. The number of hydrogen-bond acceptors (Lipinski definition) is 8. The maximum atomic E-state index is 11.9. The highest BCUT2D eigenvalue weighted by molar-refractivity contribution is 5.94. The van der Waals surface area contributed by atoms with Gasteiger partial charge in [-0.15, -0.1) is 5.10 Å². The van der Waals surface area contributed by atoms with Crippen LogP contribution >= 0.6 is 0 Å². The number of ether oxygens (including phenoxy) is 3. The van der Waals surface area contributed by atoms with E-state index in [9.17, 15) is 14.9 Å². The average molecular weight is 322 g/mol. The van der Waals surface area contributed by atoms with Crippen LogP contribution in [0.2, 0.25) is 0 Å². The molecule has 1 aromatic carbocycles. The van der Waals surface area contributed by atoms with Gasteiger partial charge < -0.3 is 14.2 Å². The van der Waals surface area contributed by atoms with Gasteiger partial charge in [-0.3, -0.25) is 10.1 Å². The summed E-state index contributed by atoms with van der Waals surface area (Å²) in [6, 6.07) is 2.69. The van der Waals surface area contributed by atoms with Crippen LogP contribution in [0.1, 0.15) is 17.4 Å². The first-order chi connectivity index (χ1) is 11.0. The Kier molecular flexibility index (Phi) is 4.74. The predicted molar refractivity (Wildman–Crippen MR) is 77.5 cm³/mol. The van der Waals surface area contributed by atoms with E-state index < -0.39 is 10.9 Å². The Balaban J connectivity index is 2.61. The standard InChI is InChI=1S/C13H14N4O6/c1-4-23-13(18)11-10(14-16-15-11)7-5-8(17(19)20)12(22-3)9(6-7)21-2/h5-6H,4H2,1-3H3,(H,14,15,16). The van der Waals surface area contributed by atoms with Crippen molar-refractivity contribution in [3.05, 3.63) is 27.9 Å². The van der Waals surface area contributed by atoms with Crippen LogP contribution < -0.4 is 9.47 Å². The Morgan fingerprint density at radius 2 is 2.04 bits per heavy atom. The lowest BCUT2D eigenvalue weighted by Gasteiger charge is -2.09. The van der Waals surface area contributed by atoms with Crippen molar-refractivity contribution in [3.8, 4) is 22.8 Å². The number of nitro groups is 1. The van der Waals surface area contributed by atoms with Crippen LogP contribution in [0.5, 0.6) is 11.5 Å². The van der Waals surface area contributed by atoms with Crippen LogP contribution in [0.4, 0.5) is 5.69 Å². The number of esters is 1. The number of nitrogens with zero attached hydrogens (tertiary/aromatic N) is 3. The van der Waals surface area contributed by atoms with Crippen LogP contribution in [0, 0.1) is 10.1 Å². The summed E-state index contributed by atoms with van der Waals surface area (Å²) >= 11 is 0. The van der Waals surface area contributed by atoms with E-state index in [0.29, 0.717) is 0 Å². The van der Waals surface area contributed by atoms with Gasteiger partial charge in [0.2, 0.25) is 5.75 Å². The van der Waals surface area contributed by atoms with Crippen LogP contribution in [0.3, 0.4) is 0 Å². The van der Waals surface area contributed by atoms with Gasteiger partial charge in [-0.25, -0.2) is 4.79 Å². The van der Waals surface area contributed by atoms with Crippen molar-refractivity contribution >= 4 is 11.7 Å². The molecule has 122 valence electrons. The molecule has 0 amide bonds. The zero-order valence-corrected chi connectivity index (χ0v) is 12.7. The smallest absolute Gasteiger partial charge is 0.361 e. The Morgan fingerprint density at radius 1 is 1.30 bits per heavy atom. The molecule has 23 heavy (non-hydrogen) atoms. The number of hydrogen-bond donors (Lipinski definition) is 1. The molecule has 1 N–H and O–H groups in total. The first-order valence-electron chi connectivity index (χ1n) is 6.52. The minimum atomic E-state index is -0.686. The molecule has 0 aliphatic rings. The van der Waals surface area contributed by atoms with Crippen molar-refractivity contribution in [1.29, 1.82) is 0 Å². The second kappa shape index (κ2) is 6.73. The van der Waals surface area contributed by atoms with Gasteiger partial charge >= 0.3 is 11.7 Å². The number of nitro benzene ring substituents is 1. The van der Waals surface area contributed by atoms with Crippen molar-refractivity contribution in [2.45, 2.75) is 6.92 Å². The Hall–Kier alpha value is -3.17. The zero-order chi connectivity index (χ0) is 17.0. The monoisotopic (exact) mass is 322 g/mol. The number of H-pyrrole nitrogens is 1. The van der Waals surface area contributed by atoms with Crippen molar-refractivity contribution in [2.24, 2.45) is 0 Å². The Morgan fingerprint density at radius 3 is 2.61 bits per heavy atom. The topological polar surface area (TPSA) is 129 Å². The number of carbonyl (C=O) groups excluding carboxylic acids is 1. The molecule has 0 saturated carbocycles. The van der Waals surface area contributed by atoms with E-state index in [4.69, 9.17) is 14.2 Å². The largest absolute Gasteiger partial charge is 0.493 e. The summed E-state index contributed by atoms with van der Waals surface area (Å²) < 4.78 is 15.0. The fourth-order valence-corrected chi connectivity index (χ4v) is 1.99.